The summed E-state index contributed by atoms with van der Waals surface area (Å²) in [5.41, 5.74) is 6.34. The maximum atomic E-state index is 12.3. The Morgan fingerprint density at radius 3 is 2.71 bits per heavy atom. The molecular weight excluding hydrogens is 308 g/mol. The van der Waals surface area contributed by atoms with E-state index in [0.717, 1.165) is 25.9 Å². The molecule has 126 valence electrons. The Bertz CT molecular complexity index is 739. The molecule has 2 amide bonds. The van der Waals surface area contributed by atoms with Crippen molar-refractivity contribution in [2.75, 3.05) is 13.1 Å². The number of hydrogen-bond acceptors (Lipinski definition) is 5. The molecule has 0 radical (unpaired) electrons. The molecule has 24 heavy (non-hydrogen) atoms. The Morgan fingerprint density at radius 2 is 2.04 bits per heavy atom. The minimum Gasteiger partial charge on any atom is -0.366 e. The first-order valence-corrected chi connectivity index (χ1v) is 7.99. The van der Waals surface area contributed by atoms with Crippen LogP contribution < -0.4 is 5.73 Å². The number of primary amides is 1. The number of likely N-dealkylation sites (tertiary alicyclic amines) is 1. The van der Waals surface area contributed by atoms with E-state index in [2.05, 4.69) is 22.3 Å². The number of carbonyl (C=O) groups excluding carboxylic acids is 2. The standard InChI is InChI=1S/C16H20N6O2/c1-11-3-2-8-21(9-11)14(23)10-22-19-16(18-20-22)13-6-4-12(5-7-13)15(17)24/h4-7,11H,2-3,8-10H2,1H3,(H2,17,24)/t11-/m0/s1. The molecule has 1 saturated heterocycles. The maximum absolute atomic E-state index is 12.3. The second kappa shape index (κ2) is 6.77. The monoisotopic (exact) mass is 328 g/mol. The van der Waals surface area contributed by atoms with E-state index in [1.807, 2.05) is 4.90 Å². The van der Waals surface area contributed by atoms with Gasteiger partial charge in [0.05, 0.1) is 0 Å². The zero-order valence-electron chi connectivity index (χ0n) is 13.6. The van der Waals surface area contributed by atoms with Gasteiger partial charge in [-0.25, -0.2) is 0 Å². The third-order valence-electron chi connectivity index (χ3n) is 4.17. The number of rotatable bonds is 4. The first-order chi connectivity index (χ1) is 11.5. The van der Waals surface area contributed by atoms with Crippen LogP contribution in [0.3, 0.4) is 0 Å². The molecule has 1 aromatic heterocycles. The van der Waals surface area contributed by atoms with Gasteiger partial charge >= 0.3 is 0 Å². The van der Waals surface area contributed by atoms with Gasteiger partial charge in [-0.05, 0) is 36.1 Å². The molecule has 0 saturated carbocycles. The first-order valence-electron chi connectivity index (χ1n) is 7.99. The first kappa shape index (κ1) is 16.1. The highest BCUT2D eigenvalue weighted by Crippen LogP contribution is 2.16. The SMILES string of the molecule is C[C@H]1CCCN(C(=O)Cn2nnc(-c3ccc(C(N)=O)cc3)n2)C1. The molecular formula is C16H20N6O2. The summed E-state index contributed by atoms with van der Waals surface area (Å²) in [5.74, 6) is 0.464. The molecule has 2 N–H and O–H groups in total. The van der Waals surface area contributed by atoms with Gasteiger partial charge in [-0.3, -0.25) is 9.59 Å². The zero-order valence-corrected chi connectivity index (χ0v) is 13.6. The number of hydrogen-bond donors (Lipinski definition) is 1. The van der Waals surface area contributed by atoms with Gasteiger partial charge in [-0.2, -0.15) is 4.80 Å². The summed E-state index contributed by atoms with van der Waals surface area (Å²) in [7, 11) is 0. The molecule has 3 rings (SSSR count). The number of nitrogens with two attached hydrogens (primary N) is 1. The van der Waals surface area contributed by atoms with Crippen molar-refractivity contribution in [3.05, 3.63) is 29.8 Å². The lowest BCUT2D eigenvalue weighted by Gasteiger charge is -2.30. The molecule has 2 heterocycles. The average molecular weight is 328 g/mol. The van der Waals surface area contributed by atoms with Gasteiger partial charge in [0.2, 0.25) is 17.6 Å². The number of nitrogens with zero attached hydrogens (tertiary/aromatic N) is 5. The normalized spacial score (nSPS) is 17.7. The highest BCUT2D eigenvalue weighted by molar-refractivity contribution is 5.93. The summed E-state index contributed by atoms with van der Waals surface area (Å²) >= 11 is 0. The van der Waals surface area contributed by atoms with E-state index in [-0.39, 0.29) is 12.5 Å². The van der Waals surface area contributed by atoms with Crippen LogP contribution in [0, 0.1) is 5.92 Å². The summed E-state index contributed by atoms with van der Waals surface area (Å²) in [6.07, 6.45) is 2.20. The van der Waals surface area contributed by atoms with Gasteiger partial charge in [0.1, 0.15) is 6.54 Å². The molecule has 1 atom stereocenters. The molecule has 0 unspecified atom stereocenters. The lowest BCUT2D eigenvalue weighted by atomic mass is 10.0. The molecule has 1 aromatic carbocycles. The molecule has 0 spiro atoms. The maximum Gasteiger partial charge on any atom is 0.248 e. The summed E-state index contributed by atoms with van der Waals surface area (Å²) < 4.78 is 0. The number of benzene rings is 1. The van der Waals surface area contributed by atoms with Crippen LogP contribution in [0.1, 0.15) is 30.1 Å². The molecule has 8 heteroatoms. The third kappa shape index (κ3) is 3.58. The quantitative estimate of drug-likeness (QED) is 0.889. The third-order valence-corrected chi connectivity index (χ3v) is 4.17. The molecule has 0 bridgehead atoms. The van der Waals surface area contributed by atoms with Crippen molar-refractivity contribution in [3.63, 3.8) is 0 Å². The van der Waals surface area contributed by atoms with E-state index >= 15 is 0 Å². The van der Waals surface area contributed by atoms with E-state index in [9.17, 15) is 9.59 Å². The van der Waals surface area contributed by atoms with Crippen molar-refractivity contribution < 1.29 is 9.59 Å². The van der Waals surface area contributed by atoms with Crippen molar-refractivity contribution in [2.24, 2.45) is 11.7 Å². The highest BCUT2D eigenvalue weighted by atomic mass is 16.2. The Morgan fingerprint density at radius 1 is 1.29 bits per heavy atom. The predicted octanol–water partition coefficient (Wildman–Crippen LogP) is 0.697. The van der Waals surface area contributed by atoms with Crippen molar-refractivity contribution in [2.45, 2.75) is 26.3 Å². The second-order valence-electron chi connectivity index (χ2n) is 6.17. The number of aromatic nitrogens is 4. The van der Waals surface area contributed by atoms with Crippen LogP contribution in [0.2, 0.25) is 0 Å². The fourth-order valence-electron chi connectivity index (χ4n) is 2.85. The second-order valence-corrected chi connectivity index (χ2v) is 6.17. The zero-order chi connectivity index (χ0) is 17.1. The largest absolute Gasteiger partial charge is 0.366 e. The van der Waals surface area contributed by atoms with Gasteiger partial charge in [0, 0.05) is 24.2 Å². The summed E-state index contributed by atoms with van der Waals surface area (Å²) in [5, 5.41) is 12.1. The Hall–Kier alpha value is -2.77. The Balaban J connectivity index is 1.66. The number of piperidine rings is 1. The van der Waals surface area contributed by atoms with Gasteiger partial charge in [-0.1, -0.05) is 19.1 Å². The average Bonchev–Trinajstić information content (AvgIpc) is 3.03. The Kier molecular flexibility index (Phi) is 4.54. The van der Waals surface area contributed by atoms with Crippen molar-refractivity contribution in [1.82, 2.24) is 25.1 Å². The predicted molar refractivity (Wildman–Crippen MR) is 86.7 cm³/mol. The van der Waals surface area contributed by atoms with E-state index < -0.39 is 5.91 Å². The number of tetrazole rings is 1. The van der Waals surface area contributed by atoms with Crippen molar-refractivity contribution in [3.8, 4) is 11.4 Å². The van der Waals surface area contributed by atoms with Crippen LogP contribution in [0.25, 0.3) is 11.4 Å². The lowest BCUT2D eigenvalue weighted by molar-refractivity contribution is -0.134. The van der Waals surface area contributed by atoms with E-state index in [1.165, 1.54) is 4.80 Å². The van der Waals surface area contributed by atoms with Gasteiger partial charge in [0.15, 0.2) is 0 Å². The molecule has 0 aliphatic carbocycles. The Labute approximate surface area is 139 Å². The van der Waals surface area contributed by atoms with E-state index in [1.54, 1.807) is 24.3 Å². The molecule has 2 aromatic rings. The van der Waals surface area contributed by atoms with Crippen molar-refractivity contribution in [1.29, 1.82) is 0 Å². The molecule has 1 fully saturated rings. The van der Waals surface area contributed by atoms with Crippen LogP contribution in [-0.2, 0) is 11.3 Å². The molecule has 8 nitrogen and oxygen atoms in total. The summed E-state index contributed by atoms with van der Waals surface area (Å²) in [6.45, 7) is 3.81. The molecule has 1 aliphatic rings. The van der Waals surface area contributed by atoms with Gasteiger partial charge < -0.3 is 10.6 Å². The van der Waals surface area contributed by atoms with Crippen LogP contribution in [0.4, 0.5) is 0 Å². The van der Waals surface area contributed by atoms with Gasteiger partial charge in [0.25, 0.3) is 0 Å². The highest BCUT2D eigenvalue weighted by Gasteiger charge is 2.21. The number of amides is 2. The van der Waals surface area contributed by atoms with Crippen LogP contribution in [0.15, 0.2) is 24.3 Å². The van der Waals surface area contributed by atoms with Crippen LogP contribution in [0.5, 0.6) is 0 Å². The minimum atomic E-state index is -0.487. The topological polar surface area (TPSA) is 107 Å². The van der Waals surface area contributed by atoms with Crippen LogP contribution in [-0.4, -0.2) is 50.0 Å². The van der Waals surface area contributed by atoms with E-state index in [0.29, 0.717) is 22.9 Å². The fraction of sp³-hybridized carbons (Fsp3) is 0.438. The minimum absolute atomic E-state index is 0.00887. The molecule has 1 aliphatic heterocycles. The summed E-state index contributed by atoms with van der Waals surface area (Å²) in [4.78, 5) is 26.6. The lowest BCUT2D eigenvalue weighted by Crippen LogP contribution is -2.41. The fourth-order valence-corrected chi connectivity index (χ4v) is 2.85. The number of carbonyl (C=O) groups is 2. The van der Waals surface area contributed by atoms with E-state index in [4.69, 9.17) is 5.73 Å². The summed E-state index contributed by atoms with van der Waals surface area (Å²) in [6, 6.07) is 6.63. The smallest absolute Gasteiger partial charge is 0.248 e. The van der Waals surface area contributed by atoms with Gasteiger partial charge in [-0.15, -0.1) is 10.2 Å². The van der Waals surface area contributed by atoms with Crippen LogP contribution >= 0.6 is 0 Å². The van der Waals surface area contributed by atoms with Crippen molar-refractivity contribution >= 4 is 11.8 Å².